The van der Waals surface area contributed by atoms with Gasteiger partial charge in [-0.05, 0) is 46.1 Å². The first-order valence-corrected chi connectivity index (χ1v) is 9.39. The molecule has 4 rings (SSSR count). The van der Waals surface area contributed by atoms with E-state index in [4.69, 9.17) is 0 Å². The Hall–Kier alpha value is -0.877. The Balaban J connectivity index is 0.00000131. The van der Waals surface area contributed by atoms with Crippen molar-refractivity contribution >= 4 is 0 Å². The van der Waals surface area contributed by atoms with Crippen molar-refractivity contribution in [3.05, 3.63) is 95.1 Å². The molecule has 28 heavy (non-hydrogen) atoms. The zero-order chi connectivity index (χ0) is 17.4. The van der Waals surface area contributed by atoms with E-state index in [1.54, 1.807) is 5.57 Å². The number of allylic oxidation sites excluding steroid dienone is 6. The first kappa shape index (κ1) is 25.2. The molecular weight excluding hydrogens is 462 g/mol. The van der Waals surface area contributed by atoms with Crippen LogP contribution in [0.1, 0.15) is 50.7 Å². The third-order valence-electron chi connectivity index (χ3n) is 5.83. The summed E-state index contributed by atoms with van der Waals surface area (Å²) in [6.45, 7) is 7.03. The average Bonchev–Trinajstić information content (AvgIpc) is 3.23. The summed E-state index contributed by atoms with van der Waals surface area (Å²) in [7, 11) is 0. The number of fused-ring (bicyclic) bond motifs is 3. The third kappa shape index (κ3) is 4.33. The third-order valence-corrected chi connectivity index (χ3v) is 5.83. The smallest absolute Gasteiger partial charge is 1.00 e. The summed E-state index contributed by atoms with van der Waals surface area (Å²) in [4.78, 5) is 0. The maximum Gasteiger partial charge on any atom is 2.00 e. The molecule has 3 heteroatoms. The summed E-state index contributed by atoms with van der Waals surface area (Å²) in [6, 6.07) is 17.9. The molecule has 144 valence electrons. The Kier molecular flexibility index (Phi) is 9.20. The predicted molar refractivity (Wildman–Crippen MR) is 108 cm³/mol. The normalized spacial score (nSPS) is 15.0. The molecule has 0 nitrogen and oxygen atoms in total. The molecule has 0 N–H and O–H groups in total. The SMILES string of the molecule is CCC=CC1=CCC(C(C)(C)C2c3ccccc3-c3ccccc32)=C1.[Cl-].[Cl-].[Zr+2]. The second kappa shape index (κ2) is 10.2. The molecule has 0 saturated heterocycles. The first-order chi connectivity index (χ1) is 12.1. The van der Waals surface area contributed by atoms with E-state index in [0.29, 0.717) is 5.92 Å². The van der Waals surface area contributed by atoms with E-state index in [0.717, 1.165) is 12.8 Å². The Bertz CT molecular complexity index is 861. The second-order valence-electron chi connectivity index (χ2n) is 7.72. The van der Waals surface area contributed by atoms with Gasteiger partial charge < -0.3 is 24.8 Å². The van der Waals surface area contributed by atoms with Crippen molar-refractivity contribution in [2.75, 3.05) is 0 Å². The molecule has 0 spiro atoms. The molecular formula is C25H26Cl2Zr. The van der Waals surface area contributed by atoms with E-state index in [1.165, 1.54) is 27.8 Å². The van der Waals surface area contributed by atoms with Gasteiger partial charge in [-0.25, -0.2) is 0 Å². The summed E-state index contributed by atoms with van der Waals surface area (Å²) in [5.41, 5.74) is 8.78. The quantitative estimate of drug-likeness (QED) is 0.604. The zero-order valence-electron chi connectivity index (χ0n) is 16.7. The van der Waals surface area contributed by atoms with E-state index < -0.39 is 0 Å². The van der Waals surface area contributed by atoms with Crippen molar-refractivity contribution in [1.82, 2.24) is 0 Å². The van der Waals surface area contributed by atoms with Crippen LogP contribution in [0.2, 0.25) is 0 Å². The molecule has 0 radical (unpaired) electrons. The van der Waals surface area contributed by atoms with Crippen LogP contribution < -0.4 is 24.8 Å². The zero-order valence-corrected chi connectivity index (χ0v) is 20.6. The fourth-order valence-corrected chi connectivity index (χ4v) is 4.48. The van der Waals surface area contributed by atoms with Crippen LogP contribution in [0.4, 0.5) is 0 Å². The summed E-state index contributed by atoms with van der Waals surface area (Å²) >= 11 is 0. The monoisotopic (exact) mass is 486 g/mol. The van der Waals surface area contributed by atoms with Gasteiger partial charge >= 0.3 is 26.2 Å². The topological polar surface area (TPSA) is 0 Å². The van der Waals surface area contributed by atoms with Gasteiger partial charge in [0.1, 0.15) is 0 Å². The Labute approximate surface area is 201 Å². The largest absolute Gasteiger partial charge is 2.00 e. The van der Waals surface area contributed by atoms with Crippen LogP contribution in [0.15, 0.2) is 84.0 Å². The molecule has 0 aromatic heterocycles. The van der Waals surface area contributed by atoms with Crippen molar-refractivity contribution in [2.45, 2.75) is 39.5 Å². The van der Waals surface area contributed by atoms with Gasteiger partial charge in [-0.2, -0.15) is 0 Å². The minimum absolute atomic E-state index is 0. The number of rotatable bonds is 4. The fourth-order valence-electron chi connectivity index (χ4n) is 4.48. The van der Waals surface area contributed by atoms with Gasteiger partial charge in [-0.1, -0.05) is 99.2 Å². The van der Waals surface area contributed by atoms with Crippen molar-refractivity contribution in [3.63, 3.8) is 0 Å². The standard InChI is InChI=1S/C25H26.2ClH.Zr/c1-4-5-10-18-15-16-19(17-18)25(2,3)24-22-13-8-6-11-20(22)21-12-7-9-14-23(21)24;;;/h5-15,17,24H,4,16H2,1-3H3;2*1H;/q;;;+2/p-2. The predicted octanol–water partition coefficient (Wildman–Crippen LogP) is 1.05. The van der Waals surface area contributed by atoms with Gasteiger partial charge in [-0.3, -0.25) is 0 Å². The van der Waals surface area contributed by atoms with Crippen LogP contribution in [0.25, 0.3) is 11.1 Å². The first-order valence-electron chi connectivity index (χ1n) is 9.39. The van der Waals surface area contributed by atoms with Gasteiger partial charge in [0, 0.05) is 5.92 Å². The molecule has 0 amide bonds. The molecule has 0 fully saturated rings. The van der Waals surface area contributed by atoms with E-state index in [2.05, 4.69) is 93.6 Å². The molecule has 2 aliphatic rings. The summed E-state index contributed by atoms with van der Waals surface area (Å²) in [5.74, 6) is 0.425. The summed E-state index contributed by atoms with van der Waals surface area (Å²) in [6.07, 6.45) is 11.5. The van der Waals surface area contributed by atoms with Crippen LogP contribution in [-0.4, -0.2) is 0 Å². The molecule has 0 bridgehead atoms. The van der Waals surface area contributed by atoms with Crippen LogP contribution >= 0.6 is 0 Å². The van der Waals surface area contributed by atoms with Crippen LogP contribution in [0.3, 0.4) is 0 Å². The Morgan fingerprint density at radius 1 is 0.929 bits per heavy atom. The van der Waals surface area contributed by atoms with Gasteiger partial charge in [0.15, 0.2) is 0 Å². The van der Waals surface area contributed by atoms with E-state index in [9.17, 15) is 0 Å². The van der Waals surface area contributed by atoms with Crippen LogP contribution in [0.5, 0.6) is 0 Å². The van der Waals surface area contributed by atoms with E-state index in [-0.39, 0.29) is 56.4 Å². The molecule has 0 aliphatic heterocycles. The maximum absolute atomic E-state index is 2.42. The average molecular weight is 489 g/mol. The molecule has 0 heterocycles. The summed E-state index contributed by atoms with van der Waals surface area (Å²) in [5, 5.41) is 0. The second-order valence-corrected chi connectivity index (χ2v) is 7.72. The molecule has 0 saturated carbocycles. The van der Waals surface area contributed by atoms with Crippen molar-refractivity contribution in [2.24, 2.45) is 5.41 Å². The van der Waals surface area contributed by atoms with E-state index in [1.807, 2.05) is 0 Å². The van der Waals surface area contributed by atoms with Crippen molar-refractivity contribution in [1.29, 1.82) is 0 Å². The summed E-state index contributed by atoms with van der Waals surface area (Å²) < 4.78 is 0. The fraction of sp³-hybridized carbons (Fsp3) is 0.280. The van der Waals surface area contributed by atoms with Crippen molar-refractivity contribution < 1.29 is 51.0 Å². The minimum atomic E-state index is 0. The number of hydrogen-bond donors (Lipinski definition) is 0. The number of hydrogen-bond acceptors (Lipinski definition) is 0. The Morgan fingerprint density at radius 2 is 1.46 bits per heavy atom. The van der Waals surface area contributed by atoms with Gasteiger partial charge in [0.25, 0.3) is 0 Å². The van der Waals surface area contributed by atoms with E-state index >= 15 is 0 Å². The maximum atomic E-state index is 2.42. The molecule has 0 unspecified atom stereocenters. The molecule has 2 aromatic carbocycles. The minimum Gasteiger partial charge on any atom is -1.00 e. The molecule has 2 aliphatic carbocycles. The van der Waals surface area contributed by atoms with Gasteiger partial charge in [-0.15, -0.1) is 0 Å². The van der Waals surface area contributed by atoms with Gasteiger partial charge in [0.2, 0.25) is 0 Å². The van der Waals surface area contributed by atoms with Gasteiger partial charge in [0.05, 0.1) is 0 Å². The molecule has 2 aromatic rings. The molecule has 0 atom stereocenters. The number of benzene rings is 2. The van der Waals surface area contributed by atoms with Crippen LogP contribution in [0, 0.1) is 5.41 Å². The van der Waals surface area contributed by atoms with Crippen molar-refractivity contribution in [3.8, 4) is 11.1 Å². The number of halogens is 2. The van der Waals surface area contributed by atoms with Crippen LogP contribution in [-0.2, 0) is 26.2 Å². The Morgan fingerprint density at radius 3 is 2.00 bits per heavy atom.